The minimum atomic E-state index is -3.70. The van der Waals surface area contributed by atoms with Crippen LogP contribution < -0.4 is 19.1 Å². The van der Waals surface area contributed by atoms with E-state index in [0.29, 0.717) is 26.2 Å². The Bertz CT molecular complexity index is 1190. The molecule has 1 N–H and O–H groups in total. The molecule has 0 saturated heterocycles. The van der Waals surface area contributed by atoms with Gasteiger partial charge < -0.3 is 14.4 Å². The van der Waals surface area contributed by atoms with E-state index in [4.69, 9.17) is 9.47 Å². The Labute approximate surface area is 195 Å². The van der Waals surface area contributed by atoms with Gasteiger partial charge in [0.1, 0.15) is 13.2 Å². The Kier molecular flexibility index (Phi) is 5.61. The maximum Gasteiger partial charge on any atom is 0.240 e. The first-order valence-corrected chi connectivity index (χ1v) is 13.1. The number of nitrogens with zero attached hydrogens (tertiary/aromatic N) is 1. The van der Waals surface area contributed by atoms with Crippen molar-refractivity contribution in [2.24, 2.45) is 0 Å². The summed E-state index contributed by atoms with van der Waals surface area (Å²) >= 11 is 0. The smallest absolute Gasteiger partial charge is 0.240 e. The highest BCUT2D eigenvalue weighted by atomic mass is 32.2. The van der Waals surface area contributed by atoms with Crippen LogP contribution in [-0.4, -0.2) is 40.1 Å². The molecule has 2 aromatic carbocycles. The highest BCUT2D eigenvalue weighted by molar-refractivity contribution is 7.89. The van der Waals surface area contributed by atoms with Gasteiger partial charge in [-0.3, -0.25) is 4.79 Å². The topological polar surface area (TPSA) is 84.9 Å². The zero-order chi connectivity index (χ0) is 23.2. The largest absolute Gasteiger partial charge is 0.486 e. The molecular weight excluding hydrogens is 440 g/mol. The average molecular weight is 471 g/mol. The zero-order valence-corrected chi connectivity index (χ0v) is 19.9. The molecule has 2 aliphatic heterocycles. The number of hydrogen-bond donors (Lipinski definition) is 1. The average Bonchev–Trinajstić information content (AvgIpc) is 3.41. The van der Waals surface area contributed by atoms with Gasteiger partial charge in [0.05, 0.1) is 4.90 Å². The molecule has 7 nitrogen and oxygen atoms in total. The third-order valence-electron chi connectivity index (χ3n) is 7.23. The molecule has 8 heteroatoms. The van der Waals surface area contributed by atoms with Crippen LogP contribution in [-0.2, 0) is 26.7 Å². The minimum Gasteiger partial charge on any atom is -0.486 e. The predicted molar refractivity (Wildman–Crippen MR) is 126 cm³/mol. The summed E-state index contributed by atoms with van der Waals surface area (Å²) in [5.41, 5.74) is 2.52. The van der Waals surface area contributed by atoms with Crippen molar-refractivity contribution in [2.75, 3.05) is 24.7 Å². The number of anilines is 1. The fourth-order valence-corrected chi connectivity index (χ4v) is 6.74. The Morgan fingerprint density at radius 1 is 1.09 bits per heavy atom. The lowest BCUT2D eigenvalue weighted by atomic mass is 9.79. The molecule has 176 valence electrons. The molecule has 0 bridgehead atoms. The van der Waals surface area contributed by atoms with Crippen molar-refractivity contribution in [1.29, 1.82) is 0 Å². The Hall–Kier alpha value is -2.58. The molecule has 1 fully saturated rings. The molecule has 3 aliphatic rings. The van der Waals surface area contributed by atoms with Crippen molar-refractivity contribution in [2.45, 2.75) is 62.3 Å². The van der Waals surface area contributed by atoms with Crippen molar-refractivity contribution >= 4 is 21.6 Å². The van der Waals surface area contributed by atoms with Gasteiger partial charge in [0.2, 0.25) is 15.9 Å². The molecule has 1 aliphatic carbocycles. The molecule has 1 atom stereocenters. The standard InChI is InChI=1S/C25H30N2O5S/c1-17-13-19-14-21(6-7-22(19)27(17)18(2)28)33(29,30)26-16-25(9-3-4-10-25)20-5-8-23-24(15-20)32-12-11-31-23/h5-8,14-15,17,26H,3-4,9-13,16H2,1-2H3. The van der Waals surface area contributed by atoms with Gasteiger partial charge in [0, 0.05) is 30.6 Å². The van der Waals surface area contributed by atoms with E-state index in [1.54, 1.807) is 23.1 Å². The van der Waals surface area contributed by atoms with E-state index in [-0.39, 0.29) is 22.3 Å². The van der Waals surface area contributed by atoms with Gasteiger partial charge >= 0.3 is 0 Å². The van der Waals surface area contributed by atoms with Crippen LogP contribution in [0.4, 0.5) is 5.69 Å². The van der Waals surface area contributed by atoms with Crippen LogP contribution in [0.1, 0.15) is 50.7 Å². The van der Waals surface area contributed by atoms with E-state index in [0.717, 1.165) is 54.0 Å². The van der Waals surface area contributed by atoms with Crippen LogP contribution in [0, 0.1) is 0 Å². The van der Waals surface area contributed by atoms with Gasteiger partial charge in [-0.1, -0.05) is 18.9 Å². The second-order valence-electron chi connectivity index (χ2n) is 9.40. The first-order valence-electron chi connectivity index (χ1n) is 11.6. The van der Waals surface area contributed by atoms with Crippen LogP contribution in [0.2, 0.25) is 0 Å². The molecule has 5 rings (SSSR count). The highest BCUT2D eigenvalue weighted by Gasteiger charge is 2.38. The number of sulfonamides is 1. The predicted octanol–water partition coefficient (Wildman–Crippen LogP) is 3.55. The molecule has 0 aromatic heterocycles. The third kappa shape index (κ3) is 3.99. The van der Waals surface area contributed by atoms with Crippen molar-refractivity contribution < 1.29 is 22.7 Å². The summed E-state index contributed by atoms with van der Waals surface area (Å²) in [7, 11) is -3.70. The molecule has 2 heterocycles. The SMILES string of the molecule is CC(=O)N1c2ccc(S(=O)(=O)NCC3(c4ccc5c(c4)OCCO5)CCCC3)cc2CC1C. The lowest BCUT2D eigenvalue weighted by molar-refractivity contribution is -0.116. The van der Waals surface area contributed by atoms with E-state index < -0.39 is 10.0 Å². The van der Waals surface area contributed by atoms with Crippen molar-refractivity contribution in [3.63, 3.8) is 0 Å². The summed E-state index contributed by atoms with van der Waals surface area (Å²) in [6.07, 6.45) is 4.62. The summed E-state index contributed by atoms with van der Waals surface area (Å²) < 4.78 is 40.8. The summed E-state index contributed by atoms with van der Waals surface area (Å²) in [4.78, 5) is 14.0. The van der Waals surface area contributed by atoms with Gasteiger partial charge in [0.15, 0.2) is 11.5 Å². The maximum atomic E-state index is 13.3. The lowest BCUT2D eigenvalue weighted by Crippen LogP contribution is -2.39. The van der Waals surface area contributed by atoms with E-state index in [2.05, 4.69) is 4.72 Å². The van der Waals surface area contributed by atoms with Crippen LogP contribution in [0.15, 0.2) is 41.3 Å². The van der Waals surface area contributed by atoms with E-state index in [1.165, 1.54) is 6.92 Å². The van der Waals surface area contributed by atoms with Crippen LogP contribution in [0.25, 0.3) is 0 Å². The van der Waals surface area contributed by atoms with Gasteiger partial charge in [-0.05, 0) is 67.6 Å². The van der Waals surface area contributed by atoms with Crippen LogP contribution in [0.3, 0.4) is 0 Å². The number of carbonyl (C=O) groups is 1. The van der Waals surface area contributed by atoms with Crippen molar-refractivity contribution in [1.82, 2.24) is 4.72 Å². The van der Waals surface area contributed by atoms with Gasteiger partial charge in [0.25, 0.3) is 0 Å². The first kappa shape index (κ1) is 22.2. The summed E-state index contributed by atoms with van der Waals surface area (Å²) in [5, 5.41) is 0. The summed E-state index contributed by atoms with van der Waals surface area (Å²) in [6, 6.07) is 11.1. The number of ether oxygens (including phenoxy) is 2. The molecule has 1 saturated carbocycles. The van der Waals surface area contributed by atoms with E-state index in [9.17, 15) is 13.2 Å². The summed E-state index contributed by atoms with van der Waals surface area (Å²) in [5.74, 6) is 1.44. The molecule has 33 heavy (non-hydrogen) atoms. The Morgan fingerprint density at radius 3 is 2.55 bits per heavy atom. The molecule has 2 aromatic rings. The normalized spacial score (nSPS) is 21.2. The first-order chi connectivity index (χ1) is 15.8. The van der Waals surface area contributed by atoms with Crippen molar-refractivity contribution in [3.8, 4) is 11.5 Å². The van der Waals surface area contributed by atoms with Gasteiger partial charge in [-0.2, -0.15) is 0 Å². The van der Waals surface area contributed by atoms with Gasteiger partial charge in [-0.15, -0.1) is 0 Å². The maximum absolute atomic E-state index is 13.3. The lowest BCUT2D eigenvalue weighted by Gasteiger charge is -2.31. The number of fused-ring (bicyclic) bond motifs is 2. The zero-order valence-electron chi connectivity index (χ0n) is 19.1. The van der Waals surface area contributed by atoms with Gasteiger partial charge in [-0.25, -0.2) is 13.1 Å². The highest BCUT2D eigenvalue weighted by Crippen LogP contribution is 2.44. The quantitative estimate of drug-likeness (QED) is 0.723. The monoisotopic (exact) mass is 470 g/mol. The number of benzene rings is 2. The summed E-state index contributed by atoms with van der Waals surface area (Å²) in [6.45, 7) is 4.92. The minimum absolute atomic E-state index is 0.0281. The van der Waals surface area contributed by atoms with Crippen molar-refractivity contribution in [3.05, 3.63) is 47.5 Å². The number of carbonyl (C=O) groups excluding carboxylic acids is 1. The van der Waals surface area contributed by atoms with E-state index in [1.807, 2.05) is 25.1 Å². The van der Waals surface area contributed by atoms with Crippen LogP contribution >= 0.6 is 0 Å². The molecular formula is C25H30N2O5S. The molecule has 0 radical (unpaired) electrons. The van der Waals surface area contributed by atoms with E-state index >= 15 is 0 Å². The molecule has 1 amide bonds. The Morgan fingerprint density at radius 2 is 1.82 bits per heavy atom. The number of rotatable bonds is 5. The fraction of sp³-hybridized carbons (Fsp3) is 0.480. The molecule has 0 spiro atoms. The number of amides is 1. The van der Waals surface area contributed by atoms with Crippen LogP contribution in [0.5, 0.6) is 11.5 Å². The second kappa shape index (κ2) is 8.33. The molecule has 1 unspecified atom stereocenters. The fourth-order valence-electron chi connectivity index (χ4n) is 5.56. The Balaban J connectivity index is 1.39. The number of hydrogen-bond acceptors (Lipinski definition) is 5. The second-order valence-corrected chi connectivity index (χ2v) is 11.2. The third-order valence-corrected chi connectivity index (χ3v) is 8.63. The number of nitrogens with one attached hydrogen (secondary N) is 1.